The van der Waals surface area contributed by atoms with Crippen molar-refractivity contribution < 1.29 is 33.3 Å². The average molecular weight is 460 g/mol. The summed E-state index contributed by atoms with van der Waals surface area (Å²) in [5.41, 5.74) is 1.76. The van der Waals surface area contributed by atoms with Crippen molar-refractivity contribution in [3.8, 4) is 11.5 Å². The molecule has 0 amide bonds. The molecule has 0 aromatic heterocycles. The lowest BCUT2D eigenvalue weighted by molar-refractivity contribution is -0.145. The highest BCUT2D eigenvalue weighted by atomic mass is 16.7. The summed E-state index contributed by atoms with van der Waals surface area (Å²) in [6.45, 7) is 10.1. The second kappa shape index (κ2) is 11.0. The van der Waals surface area contributed by atoms with E-state index in [0.717, 1.165) is 16.3 Å². The molecule has 0 heterocycles. The number of hydrogen-bond acceptors (Lipinski definition) is 7. The van der Waals surface area contributed by atoms with Gasteiger partial charge in [0, 0.05) is 11.1 Å². The highest BCUT2D eigenvalue weighted by molar-refractivity contribution is 5.96. The number of hydrogen-bond donors (Lipinski definition) is 0. The Balaban J connectivity index is 1.59. The fourth-order valence-electron chi connectivity index (χ4n) is 2.81. The summed E-state index contributed by atoms with van der Waals surface area (Å²) in [6.07, 6.45) is 0. The summed E-state index contributed by atoms with van der Waals surface area (Å²) < 4.78 is 20.9. The van der Waals surface area contributed by atoms with Crippen LogP contribution >= 0.6 is 0 Å². The molecule has 3 aromatic carbocycles. The van der Waals surface area contributed by atoms with E-state index in [1.165, 1.54) is 0 Å². The standard InChI is InChI=1S/C27H24O7/c1-17(2)25(28)31-15-19-5-10-23(11-6-19)34-27(30)22-8-7-21-14-24(12-9-20(21)13-22)32-16-33-26(29)18(3)4/h5-14H,1,3,15-16H2,2,4H3. The minimum atomic E-state index is -0.523. The first-order chi connectivity index (χ1) is 16.2. The minimum absolute atomic E-state index is 0.104. The molecule has 0 bridgehead atoms. The van der Waals surface area contributed by atoms with Gasteiger partial charge in [0.15, 0.2) is 0 Å². The molecule has 174 valence electrons. The molecule has 0 fully saturated rings. The topological polar surface area (TPSA) is 88.1 Å². The van der Waals surface area contributed by atoms with Gasteiger partial charge in [-0.15, -0.1) is 0 Å². The third-order valence-electron chi connectivity index (χ3n) is 4.66. The van der Waals surface area contributed by atoms with Crippen molar-refractivity contribution in [2.24, 2.45) is 0 Å². The summed E-state index contributed by atoms with van der Waals surface area (Å²) in [5, 5.41) is 1.66. The van der Waals surface area contributed by atoms with E-state index in [2.05, 4.69) is 13.2 Å². The maximum absolute atomic E-state index is 12.6. The smallest absolute Gasteiger partial charge is 0.343 e. The molecule has 0 aliphatic rings. The Bertz CT molecular complexity index is 1260. The second-order valence-corrected chi connectivity index (χ2v) is 7.59. The molecule has 0 aliphatic heterocycles. The highest BCUT2D eigenvalue weighted by Crippen LogP contribution is 2.23. The molecule has 0 saturated carbocycles. The molecule has 3 aromatic rings. The van der Waals surface area contributed by atoms with E-state index in [-0.39, 0.29) is 13.4 Å². The number of esters is 3. The van der Waals surface area contributed by atoms with Gasteiger partial charge in [-0.2, -0.15) is 0 Å². The van der Waals surface area contributed by atoms with Crippen molar-refractivity contribution in [2.75, 3.05) is 6.79 Å². The summed E-state index contributed by atoms with van der Waals surface area (Å²) in [7, 11) is 0. The first kappa shape index (κ1) is 24.3. The number of carbonyl (C=O) groups excluding carboxylic acids is 3. The zero-order valence-corrected chi connectivity index (χ0v) is 19.0. The van der Waals surface area contributed by atoms with Gasteiger partial charge in [-0.05, 0) is 66.6 Å². The van der Waals surface area contributed by atoms with Crippen molar-refractivity contribution in [2.45, 2.75) is 20.5 Å². The lowest BCUT2D eigenvalue weighted by Gasteiger charge is -2.09. The molecule has 0 unspecified atom stereocenters. The fraction of sp³-hybridized carbons (Fsp3) is 0.148. The first-order valence-corrected chi connectivity index (χ1v) is 10.4. The summed E-state index contributed by atoms with van der Waals surface area (Å²) in [5.74, 6) is -0.601. The predicted molar refractivity (Wildman–Crippen MR) is 126 cm³/mol. The molecule has 7 nitrogen and oxygen atoms in total. The van der Waals surface area contributed by atoms with Crippen LogP contribution in [-0.4, -0.2) is 24.7 Å². The van der Waals surface area contributed by atoms with Crippen molar-refractivity contribution in [1.29, 1.82) is 0 Å². The van der Waals surface area contributed by atoms with Gasteiger partial charge in [0.05, 0.1) is 5.56 Å². The normalized spacial score (nSPS) is 10.3. The van der Waals surface area contributed by atoms with Gasteiger partial charge in [-0.3, -0.25) is 0 Å². The Morgan fingerprint density at radius 3 is 2.00 bits per heavy atom. The lowest BCUT2D eigenvalue weighted by atomic mass is 10.1. The van der Waals surface area contributed by atoms with E-state index < -0.39 is 17.9 Å². The Hall–Kier alpha value is -4.39. The van der Waals surface area contributed by atoms with Crippen molar-refractivity contribution in [3.05, 3.63) is 96.1 Å². The molecular formula is C27H24O7. The quantitative estimate of drug-likeness (QED) is 0.189. The van der Waals surface area contributed by atoms with E-state index in [0.29, 0.717) is 28.2 Å². The molecule has 34 heavy (non-hydrogen) atoms. The Morgan fingerprint density at radius 2 is 1.32 bits per heavy atom. The van der Waals surface area contributed by atoms with Gasteiger partial charge in [-0.1, -0.05) is 37.4 Å². The number of rotatable bonds is 9. The van der Waals surface area contributed by atoms with Gasteiger partial charge in [0.25, 0.3) is 0 Å². The third kappa shape index (κ3) is 6.56. The third-order valence-corrected chi connectivity index (χ3v) is 4.66. The largest absolute Gasteiger partial charge is 0.457 e. The van der Waals surface area contributed by atoms with Gasteiger partial charge in [0.1, 0.15) is 18.1 Å². The molecule has 0 aliphatic carbocycles. The van der Waals surface area contributed by atoms with Gasteiger partial charge >= 0.3 is 17.9 Å². The summed E-state index contributed by atoms with van der Waals surface area (Å²) in [4.78, 5) is 35.5. The maximum atomic E-state index is 12.6. The van der Waals surface area contributed by atoms with E-state index in [4.69, 9.17) is 18.9 Å². The molecular weight excluding hydrogens is 436 g/mol. The van der Waals surface area contributed by atoms with Crippen LogP contribution in [0.5, 0.6) is 11.5 Å². The van der Waals surface area contributed by atoms with Crippen LogP contribution in [0.2, 0.25) is 0 Å². The first-order valence-electron chi connectivity index (χ1n) is 10.4. The van der Waals surface area contributed by atoms with Crippen LogP contribution in [0.15, 0.2) is 85.0 Å². The number of benzene rings is 3. The van der Waals surface area contributed by atoms with Crippen LogP contribution < -0.4 is 9.47 Å². The summed E-state index contributed by atoms with van der Waals surface area (Å²) in [6, 6.07) is 17.1. The number of ether oxygens (including phenoxy) is 4. The van der Waals surface area contributed by atoms with Crippen LogP contribution in [0.1, 0.15) is 29.8 Å². The average Bonchev–Trinajstić information content (AvgIpc) is 2.82. The monoisotopic (exact) mass is 460 g/mol. The highest BCUT2D eigenvalue weighted by Gasteiger charge is 2.11. The van der Waals surface area contributed by atoms with Crippen molar-refractivity contribution in [3.63, 3.8) is 0 Å². The Morgan fingerprint density at radius 1 is 0.735 bits per heavy atom. The van der Waals surface area contributed by atoms with Gasteiger partial charge < -0.3 is 18.9 Å². The summed E-state index contributed by atoms with van der Waals surface area (Å²) >= 11 is 0. The van der Waals surface area contributed by atoms with E-state index >= 15 is 0 Å². The van der Waals surface area contributed by atoms with Gasteiger partial charge in [0.2, 0.25) is 6.79 Å². The fourth-order valence-corrected chi connectivity index (χ4v) is 2.81. The van der Waals surface area contributed by atoms with Crippen LogP contribution in [-0.2, 0) is 25.7 Å². The van der Waals surface area contributed by atoms with E-state index in [1.807, 2.05) is 0 Å². The molecule has 3 rings (SSSR count). The minimum Gasteiger partial charge on any atom is -0.457 e. The Kier molecular flexibility index (Phi) is 7.82. The molecule has 0 spiro atoms. The SMILES string of the molecule is C=C(C)C(=O)OCOc1ccc2cc(C(=O)Oc3ccc(COC(=O)C(=C)C)cc3)ccc2c1. The molecule has 0 N–H and O–H groups in total. The van der Waals surface area contributed by atoms with Crippen molar-refractivity contribution >= 4 is 28.7 Å². The number of fused-ring (bicyclic) bond motifs is 1. The molecule has 0 atom stereocenters. The zero-order valence-electron chi connectivity index (χ0n) is 19.0. The molecule has 7 heteroatoms. The molecule has 0 saturated heterocycles. The zero-order chi connectivity index (χ0) is 24.7. The number of carbonyl (C=O) groups is 3. The van der Waals surface area contributed by atoms with Crippen LogP contribution in [0, 0.1) is 0 Å². The van der Waals surface area contributed by atoms with Gasteiger partial charge in [-0.25, -0.2) is 14.4 Å². The molecule has 0 radical (unpaired) electrons. The van der Waals surface area contributed by atoms with Crippen molar-refractivity contribution in [1.82, 2.24) is 0 Å². The predicted octanol–water partition coefficient (Wildman–Crippen LogP) is 5.13. The second-order valence-electron chi connectivity index (χ2n) is 7.59. The van der Waals surface area contributed by atoms with E-state index in [9.17, 15) is 14.4 Å². The van der Waals surface area contributed by atoms with E-state index in [1.54, 1.807) is 74.5 Å². The van der Waals surface area contributed by atoms with Crippen LogP contribution in [0.3, 0.4) is 0 Å². The maximum Gasteiger partial charge on any atom is 0.343 e. The lowest BCUT2D eigenvalue weighted by Crippen LogP contribution is -2.10. The van der Waals surface area contributed by atoms with Crippen LogP contribution in [0.25, 0.3) is 10.8 Å². The van der Waals surface area contributed by atoms with Crippen LogP contribution in [0.4, 0.5) is 0 Å². The Labute approximate surface area is 197 Å².